The molecule has 0 aliphatic rings. The molecule has 0 radical (unpaired) electrons. The van der Waals surface area contributed by atoms with Crippen molar-refractivity contribution in [3.05, 3.63) is 35.9 Å². The zero-order chi connectivity index (χ0) is 15.0. The van der Waals surface area contributed by atoms with Gasteiger partial charge in [-0.25, -0.2) is 13.6 Å². The SMILES string of the molecule is CN(CC(F)F)C(=O)NCC(CCO)c1ccccc1. The average molecular weight is 286 g/mol. The lowest BCUT2D eigenvalue weighted by atomic mass is 9.96. The average Bonchev–Trinajstić information content (AvgIpc) is 2.43. The second-order valence-electron chi connectivity index (χ2n) is 4.58. The summed E-state index contributed by atoms with van der Waals surface area (Å²) in [6.07, 6.45) is -2.05. The van der Waals surface area contributed by atoms with Crippen LogP contribution in [0.4, 0.5) is 13.6 Å². The number of hydrogen-bond acceptors (Lipinski definition) is 2. The molecule has 0 saturated carbocycles. The molecule has 2 amide bonds. The predicted molar refractivity (Wildman–Crippen MR) is 72.9 cm³/mol. The molecule has 112 valence electrons. The summed E-state index contributed by atoms with van der Waals surface area (Å²) >= 11 is 0. The third-order valence-corrected chi connectivity index (χ3v) is 3.01. The number of carbonyl (C=O) groups is 1. The molecule has 0 aliphatic carbocycles. The highest BCUT2D eigenvalue weighted by atomic mass is 19.3. The highest BCUT2D eigenvalue weighted by molar-refractivity contribution is 5.73. The number of rotatable bonds is 7. The molecule has 0 aromatic heterocycles. The summed E-state index contributed by atoms with van der Waals surface area (Å²) in [5, 5.41) is 11.7. The monoisotopic (exact) mass is 286 g/mol. The van der Waals surface area contributed by atoms with Crippen LogP contribution in [0.2, 0.25) is 0 Å². The minimum atomic E-state index is -2.55. The summed E-state index contributed by atoms with van der Waals surface area (Å²) in [5.74, 6) is -0.0369. The first kappa shape index (κ1) is 16.4. The second kappa shape index (κ2) is 8.47. The molecule has 0 bridgehead atoms. The summed E-state index contributed by atoms with van der Waals surface area (Å²) < 4.78 is 24.4. The van der Waals surface area contributed by atoms with E-state index < -0.39 is 19.0 Å². The number of aliphatic hydroxyl groups excluding tert-OH is 1. The van der Waals surface area contributed by atoms with Crippen LogP contribution >= 0.6 is 0 Å². The number of halogens is 2. The van der Waals surface area contributed by atoms with E-state index in [1.165, 1.54) is 7.05 Å². The lowest BCUT2D eigenvalue weighted by Crippen LogP contribution is -2.41. The molecule has 0 aliphatic heterocycles. The fraction of sp³-hybridized carbons (Fsp3) is 0.500. The maximum absolute atomic E-state index is 12.2. The first-order valence-electron chi connectivity index (χ1n) is 6.47. The second-order valence-corrected chi connectivity index (χ2v) is 4.58. The fourth-order valence-electron chi connectivity index (χ4n) is 1.90. The van der Waals surface area contributed by atoms with Crippen LogP contribution in [0, 0.1) is 0 Å². The van der Waals surface area contributed by atoms with Gasteiger partial charge in [0.25, 0.3) is 6.43 Å². The van der Waals surface area contributed by atoms with Crippen LogP contribution in [-0.2, 0) is 0 Å². The number of hydrogen-bond donors (Lipinski definition) is 2. The zero-order valence-corrected chi connectivity index (χ0v) is 11.4. The van der Waals surface area contributed by atoms with Crippen LogP contribution in [0.15, 0.2) is 30.3 Å². The summed E-state index contributed by atoms with van der Waals surface area (Å²) in [4.78, 5) is 12.6. The quantitative estimate of drug-likeness (QED) is 0.806. The van der Waals surface area contributed by atoms with E-state index in [0.717, 1.165) is 10.5 Å². The van der Waals surface area contributed by atoms with Gasteiger partial charge in [-0.3, -0.25) is 0 Å². The van der Waals surface area contributed by atoms with Gasteiger partial charge in [-0.2, -0.15) is 0 Å². The summed E-state index contributed by atoms with van der Waals surface area (Å²) in [6.45, 7) is -0.291. The van der Waals surface area contributed by atoms with Gasteiger partial charge in [0.2, 0.25) is 0 Å². The van der Waals surface area contributed by atoms with Gasteiger partial charge in [0.1, 0.15) is 0 Å². The van der Waals surface area contributed by atoms with Gasteiger partial charge in [-0.1, -0.05) is 30.3 Å². The molecular weight excluding hydrogens is 266 g/mol. The Balaban J connectivity index is 2.53. The normalized spacial score (nSPS) is 12.2. The Morgan fingerprint density at radius 1 is 1.35 bits per heavy atom. The van der Waals surface area contributed by atoms with E-state index in [4.69, 9.17) is 5.11 Å². The van der Waals surface area contributed by atoms with E-state index in [1.54, 1.807) is 0 Å². The van der Waals surface area contributed by atoms with Crippen LogP contribution in [-0.4, -0.2) is 49.2 Å². The van der Waals surface area contributed by atoms with E-state index in [9.17, 15) is 13.6 Å². The number of benzene rings is 1. The van der Waals surface area contributed by atoms with Crippen molar-refractivity contribution in [1.82, 2.24) is 10.2 Å². The van der Waals surface area contributed by atoms with E-state index in [-0.39, 0.29) is 12.5 Å². The van der Waals surface area contributed by atoms with Gasteiger partial charge in [-0.15, -0.1) is 0 Å². The Morgan fingerprint density at radius 3 is 2.55 bits per heavy atom. The highest BCUT2D eigenvalue weighted by Crippen LogP contribution is 2.18. The minimum absolute atomic E-state index is 0.00229. The van der Waals surface area contributed by atoms with Crippen LogP contribution in [0.25, 0.3) is 0 Å². The van der Waals surface area contributed by atoms with Crippen LogP contribution < -0.4 is 5.32 Å². The van der Waals surface area contributed by atoms with Gasteiger partial charge < -0.3 is 15.3 Å². The lowest BCUT2D eigenvalue weighted by Gasteiger charge is -2.21. The van der Waals surface area contributed by atoms with Gasteiger partial charge in [0.15, 0.2) is 0 Å². The molecule has 2 N–H and O–H groups in total. The van der Waals surface area contributed by atoms with E-state index >= 15 is 0 Å². The standard InChI is InChI=1S/C14H20F2N2O2/c1-18(10-13(15)16)14(20)17-9-12(7-8-19)11-5-3-2-4-6-11/h2-6,12-13,19H,7-10H2,1H3,(H,17,20). The Labute approximate surface area is 117 Å². The number of nitrogens with zero attached hydrogens (tertiary/aromatic N) is 1. The molecule has 0 heterocycles. The van der Waals surface area contributed by atoms with Crippen LogP contribution in [0.3, 0.4) is 0 Å². The molecule has 0 fully saturated rings. The van der Waals surface area contributed by atoms with Gasteiger partial charge in [0, 0.05) is 26.1 Å². The molecule has 6 heteroatoms. The molecule has 0 spiro atoms. The molecule has 1 aromatic carbocycles. The van der Waals surface area contributed by atoms with Crippen molar-refractivity contribution >= 4 is 6.03 Å². The largest absolute Gasteiger partial charge is 0.396 e. The molecule has 0 saturated heterocycles. The third kappa shape index (κ3) is 5.52. The number of aliphatic hydroxyl groups is 1. The number of carbonyl (C=O) groups excluding carboxylic acids is 1. The molecule has 1 atom stereocenters. The molecule has 1 unspecified atom stereocenters. The van der Waals surface area contributed by atoms with Crippen molar-refractivity contribution in [1.29, 1.82) is 0 Å². The first-order chi connectivity index (χ1) is 9.54. The summed E-state index contributed by atoms with van der Waals surface area (Å²) in [7, 11) is 1.32. The van der Waals surface area contributed by atoms with Gasteiger partial charge in [0.05, 0.1) is 6.54 Å². The predicted octanol–water partition coefficient (Wildman–Crippen LogP) is 2.06. The van der Waals surface area contributed by atoms with Crippen molar-refractivity contribution in [3.63, 3.8) is 0 Å². The van der Waals surface area contributed by atoms with Crippen molar-refractivity contribution in [2.75, 3.05) is 26.7 Å². The van der Waals surface area contributed by atoms with Gasteiger partial charge >= 0.3 is 6.03 Å². The summed E-state index contributed by atoms with van der Waals surface area (Å²) in [5.41, 5.74) is 0.998. The topological polar surface area (TPSA) is 52.6 Å². The van der Waals surface area contributed by atoms with Crippen LogP contribution in [0.5, 0.6) is 0 Å². The maximum atomic E-state index is 12.2. The van der Waals surface area contributed by atoms with Crippen molar-refractivity contribution in [2.45, 2.75) is 18.8 Å². The molecule has 1 rings (SSSR count). The van der Waals surface area contributed by atoms with E-state index in [2.05, 4.69) is 5.32 Å². The molecule has 4 nitrogen and oxygen atoms in total. The van der Waals surface area contributed by atoms with Crippen molar-refractivity contribution in [2.24, 2.45) is 0 Å². The minimum Gasteiger partial charge on any atom is -0.396 e. The smallest absolute Gasteiger partial charge is 0.317 e. The van der Waals surface area contributed by atoms with Gasteiger partial charge in [-0.05, 0) is 12.0 Å². The lowest BCUT2D eigenvalue weighted by molar-refractivity contribution is 0.108. The van der Waals surface area contributed by atoms with E-state index in [1.807, 2.05) is 30.3 Å². The molecule has 20 heavy (non-hydrogen) atoms. The zero-order valence-electron chi connectivity index (χ0n) is 11.4. The van der Waals surface area contributed by atoms with Crippen LogP contribution in [0.1, 0.15) is 17.9 Å². The Hall–Kier alpha value is -1.69. The Kier molecular flexibility index (Phi) is 6.93. The Morgan fingerprint density at radius 2 is 2.00 bits per heavy atom. The number of amides is 2. The van der Waals surface area contributed by atoms with Crippen molar-refractivity contribution < 1.29 is 18.7 Å². The molecule has 1 aromatic rings. The highest BCUT2D eigenvalue weighted by Gasteiger charge is 2.16. The molecular formula is C14H20F2N2O2. The maximum Gasteiger partial charge on any atom is 0.317 e. The Bertz CT molecular complexity index is 401. The summed E-state index contributed by atoms with van der Waals surface area (Å²) in [6, 6.07) is 8.93. The van der Waals surface area contributed by atoms with Crippen molar-refractivity contribution in [3.8, 4) is 0 Å². The number of alkyl halides is 2. The third-order valence-electron chi connectivity index (χ3n) is 3.01. The number of urea groups is 1. The fourth-order valence-corrected chi connectivity index (χ4v) is 1.90. The number of nitrogens with one attached hydrogen (secondary N) is 1. The first-order valence-corrected chi connectivity index (χ1v) is 6.47. The van der Waals surface area contributed by atoms with E-state index in [0.29, 0.717) is 13.0 Å².